The lowest BCUT2D eigenvalue weighted by molar-refractivity contribution is -0.113. The number of thiophene rings is 1. The number of hydrogen-bond donors (Lipinski definition) is 1. The molecule has 1 N–H and O–H groups in total. The van der Waals surface area contributed by atoms with Crippen molar-refractivity contribution >= 4 is 50.6 Å². The molecule has 0 saturated carbocycles. The second kappa shape index (κ2) is 9.34. The van der Waals surface area contributed by atoms with Gasteiger partial charge in [0, 0.05) is 22.3 Å². The third-order valence-electron chi connectivity index (χ3n) is 3.75. The first-order valence-corrected chi connectivity index (χ1v) is 11.0. The Kier molecular flexibility index (Phi) is 6.87. The van der Waals surface area contributed by atoms with Crippen LogP contribution in [0.5, 0.6) is 0 Å². The largest absolute Gasteiger partial charge is 0.324 e. The number of carbonyl (C=O) groups is 1. The van der Waals surface area contributed by atoms with E-state index in [0.29, 0.717) is 6.54 Å². The molecule has 0 unspecified atom stereocenters. The Morgan fingerprint density at radius 1 is 1.41 bits per heavy atom. The lowest BCUT2D eigenvalue weighted by atomic mass is 10.2. The summed E-state index contributed by atoms with van der Waals surface area (Å²) in [5, 5.41) is 14.3. The average molecular weight is 463 g/mol. The van der Waals surface area contributed by atoms with Gasteiger partial charge in [-0.3, -0.25) is 4.79 Å². The number of rotatable bonds is 8. The molecule has 0 atom stereocenters. The van der Waals surface area contributed by atoms with Crippen LogP contribution in [-0.2, 0) is 17.8 Å². The number of nitrogens with zero attached hydrogens (tertiary/aromatic N) is 3. The van der Waals surface area contributed by atoms with E-state index in [-0.39, 0.29) is 11.7 Å². The summed E-state index contributed by atoms with van der Waals surface area (Å²) >= 11 is 6.54. The summed E-state index contributed by atoms with van der Waals surface area (Å²) in [4.78, 5) is 13.6. The third-order valence-corrected chi connectivity index (χ3v) is 6.25. The first-order chi connectivity index (χ1) is 13.1. The molecule has 27 heavy (non-hydrogen) atoms. The summed E-state index contributed by atoms with van der Waals surface area (Å²) in [7, 11) is 0. The Morgan fingerprint density at radius 2 is 2.26 bits per heavy atom. The molecule has 2 aromatic heterocycles. The maximum absolute atomic E-state index is 12.3. The number of carbonyl (C=O) groups excluding carboxylic acids is 1. The number of aromatic nitrogens is 3. The molecular weight excluding hydrogens is 444 g/mol. The lowest BCUT2D eigenvalue weighted by Crippen LogP contribution is -2.15. The SMILES string of the molecule is C=CCn1c(Cc2cccs2)nnc1SCC(=O)Nc1ccc(C)cc1Br. The predicted molar refractivity (Wildman–Crippen MR) is 116 cm³/mol. The van der Waals surface area contributed by atoms with Gasteiger partial charge in [0.05, 0.1) is 11.4 Å². The number of nitrogens with one attached hydrogen (secondary N) is 1. The number of thioether (sulfide) groups is 1. The minimum atomic E-state index is -0.0856. The van der Waals surface area contributed by atoms with Gasteiger partial charge >= 0.3 is 0 Å². The zero-order valence-corrected chi connectivity index (χ0v) is 18.0. The Bertz CT molecular complexity index is 937. The van der Waals surface area contributed by atoms with Crippen LogP contribution < -0.4 is 5.32 Å². The Balaban J connectivity index is 1.65. The van der Waals surface area contributed by atoms with E-state index < -0.39 is 0 Å². The standard InChI is InChI=1S/C19H19BrN4OS2/c1-3-8-24-17(11-14-5-4-9-26-14)22-23-19(24)27-12-18(25)21-16-7-6-13(2)10-15(16)20/h3-7,9-10H,1,8,11-12H2,2H3,(H,21,25). The molecule has 0 saturated heterocycles. The number of aryl methyl sites for hydroxylation is 1. The van der Waals surface area contributed by atoms with Crippen LogP contribution in [0.15, 0.2) is 58.0 Å². The van der Waals surface area contributed by atoms with Crippen LogP contribution in [0.25, 0.3) is 0 Å². The van der Waals surface area contributed by atoms with E-state index in [2.05, 4.69) is 44.1 Å². The van der Waals surface area contributed by atoms with Gasteiger partial charge in [0.1, 0.15) is 5.82 Å². The smallest absolute Gasteiger partial charge is 0.234 e. The Morgan fingerprint density at radius 3 is 2.96 bits per heavy atom. The van der Waals surface area contributed by atoms with Crippen molar-refractivity contribution in [2.45, 2.75) is 25.0 Å². The maximum Gasteiger partial charge on any atom is 0.234 e. The number of allylic oxidation sites excluding steroid dienone is 1. The molecule has 0 bridgehead atoms. The van der Waals surface area contributed by atoms with E-state index in [1.807, 2.05) is 47.2 Å². The molecule has 0 aliphatic heterocycles. The van der Waals surface area contributed by atoms with Crippen LogP contribution in [0.2, 0.25) is 0 Å². The lowest BCUT2D eigenvalue weighted by Gasteiger charge is -2.09. The molecule has 1 amide bonds. The van der Waals surface area contributed by atoms with Crippen molar-refractivity contribution in [3.05, 3.63) is 69.1 Å². The Labute approximate surface area is 175 Å². The molecule has 3 aromatic rings. The highest BCUT2D eigenvalue weighted by molar-refractivity contribution is 9.10. The summed E-state index contributed by atoms with van der Waals surface area (Å²) in [5.74, 6) is 1.05. The fourth-order valence-corrected chi connectivity index (χ4v) is 4.54. The molecule has 0 fully saturated rings. The van der Waals surface area contributed by atoms with Gasteiger partial charge in [0.2, 0.25) is 5.91 Å². The average Bonchev–Trinajstić information content (AvgIpc) is 3.27. The van der Waals surface area contributed by atoms with Crippen LogP contribution in [0.1, 0.15) is 16.3 Å². The number of benzene rings is 1. The van der Waals surface area contributed by atoms with Gasteiger partial charge in [-0.25, -0.2) is 0 Å². The molecule has 5 nitrogen and oxygen atoms in total. The van der Waals surface area contributed by atoms with E-state index in [4.69, 9.17) is 0 Å². The van der Waals surface area contributed by atoms with Gasteiger partial charge < -0.3 is 9.88 Å². The number of halogens is 1. The fourth-order valence-electron chi connectivity index (χ4n) is 2.48. The second-order valence-electron chi connectivity index (χ2n) is 5.87. The molecule has 0 radical (unpaired) electrons. The quantitative estimate of drug-likeness (QED) is 0.381. The van der Waals surface area contributed by atoms with Crippen LogP contribution >= 0.6 is 39.0 Å². The zero-order chi connectivity index (χ0) is 19.2. The van der Waals surface area contributed by atoms with E-state index in [9.17, 15) is 4.79 Å². The van der Waals surface area contributed by atoms with Crippen LogP contribution in [0.3, 0.4) is 0 Å². The van der Waals surface area contributed by atoms with Crippen LogP contribution in [0, 0.1) is 6.92 Å². The number of hydrogen-bond acceptors (Lipinski definition) is 5. The molecule has 0 aliphatic carbocycles. The van der Waals surface area contributed by atoms with Crippen LogP contribution in [-0.4, -0.2) is 26.4 Å². The molecule has 0 spiro atoms. The van der Waals surface area contributed by atoms with Crippen molar-refractivity contribution in [2.24, 2.45) is 0 Å². The fraction of sp³-hybridized carbons (Fsp3) is 0.211. The van der Waals surface area contributed by atoms with Crippen molar-refractivity contribution in [3.63, 3.8) is 0 Å². The summed E-state index contributed by atoms with van der Waals surface area (Å²) in [6.07, 6.45) is 2.54. The van der Waals surface area contributed by atoms with Gasteiger partial charge in [-0.1, -0.05) is 30.0 Å². The van der Waals surface area contributed by atoms with Gasteiger partial charge in [-0.2, -0.15) is 0 Å². The molecule has 2 heterocycles. The van der Waals surface area contributed by atoms with Crippen LogP contribution in [0.4, 0.5) is 5.69 Å². The number of anilines is 1. The highest BCUT2D eigenvalue weighted by Crippen LogP contribution is 2.25. The molecule has 140 valence electrons. The van der Waals surface area contributed by atoms with Gasteiger partial charge in [0.25, 0.3) is 0 Å². The van der Waals surface area contributed by atoms with E-state index in [1.54, 1.807) is 11.3 Å². The minimum Gasteiger partial charge on any atom is -0.324 e. The number of amides is 1. The summed E-state index contributed by atoms with van der Waals surface area (Å²) in [5.41, 5.74) is 1.89. The zero-order valence-electron chi connectivity index (χ0n) is 14.8. The molecular formula is C19H19BrN4OS2. The second-order valence-corrected chi connectivity index (χ2v) is 8.70. The van der Waals surface area contributed by atoms with Gasteiger partial charge in [-0.05, 0) is 52.0 Å². The Hall–Kier alpha value is -1.90. The van der Waals surface area contributed by atoms with Gasteiger partial charge in [-0.15, -0.1) is 28.1 Å². The maximum atomic E-state index is 12.3. The van der Waals surface area contributed by atoms with Crippen molar-refractivity contribution in [2.75, 3.05) is 11.1 Å². The predicted octanol–water partition coefficient (Wildman–Crippen LogP) is 4.92. The van der Waals surface area contributed by atoms with E-state index >= 15 is 0 Å². The van der Waals surface area contributed by atoms with Crippen molar-refractivity contribution in [3.8, 4) is 0 Å². The van der Waals surface area contributed by atoms with Gasteiger partial charge in [0.15, 0.2) is 5.16 Å². The van der Waals surface area contributed by atoms with E-state index in [0.717, 1.165) is 33.1 Å². The monoisotopic (exact) mass is 462 g/mol. The first kappa shape index (κ1) is 19.9. The summed E-state index contributed by atoms with van der Waals surface area (Å²) < 4.78 is 2.88. The third kappa shape index (κ3) is 5.31. The molecule has 3 rings (SSSR count). The summed E-state index contributed by atoms with van der Waals surface area (Å²) in [6.45, 7) is 6.43. The topological polar surface area (TPSA) is 59.8 Å². The van der Waals surface area contributed by atoms with Crippen molar-refractivity contribution in [1.82, 2.24) is 14.8 Å². The molecule has 0 aliphatic rings. The summed E-state index contributed by atoms with van der Waals surface area (Å²) in [6, 6.07) is 9.93. The molecule has 8 heteroatoms. The molecule has 1 aromatic carbocycles. The first-order valence-electron chi connectivity index (χ1n) is 8.31. The highest BCUT2D eigenvalue weighted by atomic mass is 79.9. The van der Waals surface area contributed by atoms with Crippen molar-refractivity contribution in [1.29, 1.82) is 0 Å². The van der Waals surface area contributed by atoms with E-state index in [1.165, 1.54) is 16.6 Å². The highest BCUT2D eigenvalue weighted by Gasteiger charge is 2.15. The normalized spacial score (nSPS) is 10.7. The van der Waals surface area contributed by atoms with Crippen molar-refractivity contribution < 1.29 is 4.79 Å². The minimum absolute atomic E-state index is 0.0856.